The van der Waals surface area contributed by atoms with Crippen LogP contribution in [0.15, 0.2) is 6.20 Å². The highest BCUT2D eigenvalue weighted by atomic mass is 16.2. The number of nitrogens with zero attached hydrogens (tertiary/aromatic N) is 2. The highest BCUT2D eigenvalue weighted by Gasteiger charge is 2.18. The molecule has 1 saturated heterocycles. The molecule has 0 aliphatic carbocycles. The molecule has 0 atom stereocenters. The summed E-state index contributed by atoms with van der Waals surface area (Å²) in [4.78, 5) is 14.0. The second kappa shape index (κ2) is 5.97. The topological polar surface area (TPSA) is 87.0 Å². The molecule has 1 aliphatic heterocycles. The largest absolute Gasteiger partial charge is 0.328 e. The Balaban J connectivity index is 1.82. The van der Waals surface area contributed by atoms with Gasteiger partial charge in [0, 0.05) is 24.7 Å². The fourth-order valence-electron chi connectivity index (χ4n) is 2.18. The van der Waals surface area contributed by atoms with Crippen molar-refractivity contribution in [2.45, 2.75) is 32.2 Å². The Hall–Kier alpha value is -1.40. The summed E-state index contributed by atoms with van der Waals surface area (Å²) in [6, 6.07) is 0.295. The number of aryl methyl sites for hydroxylation is 1. The molecule has 1 fully saturated rings. The molecule has 0 radical (unpaired) electrons. The summed E-state index contributed by atoms with van der Waals surface area (Å²) in [5.41, 5.74) is 6.87. The zero-order valence-electron chi connectivity index (χ0n) is 10.8. The third-order valence-corrected chi connectivity index (χ3v) is 3.36. The van der Waals surface area contributed by atoms with E-state index >= 15 is 0 Å². The Bertz CT molecular complexity index is 395. The van der Waals surface area contributed by atoms with Gasteiger partial charge in [-0.2, -0.15) is 5.10 Å². The molecule has 6 heteroatoms. The van der Waals surface area contributed by atoms with Crippen molar-refractivity contribution in [1.82, 2.24) is 15.1 Å². The zero-order chi connectivity index (χ0) is 13.0. The second-order valence-corrected chi connectivity index (χ2v) is 4.79. The van der Waals surface area contributed by atoms with Crippen molar-refractivity contribution in [3.8, 4) is 0 Å². The Morgan fingerprint density at radius 1 is 1.61 bits per heavy atom. The summed E-state index contributed by atoms with van der Waals surface area (Å²) in [5, 5.41) is 9.61. The van der Waals surface area contributed by atoms with E-state index in [2.05, 4.69) is 20.4 Å². The van der Waals surface area contributed by atoms with E-state index in [0.29, 0.717) is 12.6 Å². The number of anilines is 1. The number of nitrogens with two attached hydrogens (primary N) is 1. The van der Waals surface area contributed by atoms with Crippen molar-refractivity contribution in [1.29, 1.82) is 0 Å². The summed E-state index contributed by atoms with van der Waals surface area (Å²) in [7, 11) is 0. The van der Waals surface area contributed by atoms with Crippen LogP contribution < -0.4 is 11.1 Å². The molecule has 0 saturated carbocycles. The second-order valence-electron chi connectivity index (χ2n) is 4.79. The maximum atomic E-state index is 11.9. The van der Waals surface area contributed by atoms with Crippen LogP contribution in [0.5, 0.6) is 0 Å². The Morgan fingerprint density at radius 2 is 2.33 bits per heavy atom. The number of hydrogen-bond donors (Lipinski definition) is 3. The molecule has 2 heterocycles. The summed E-state index contributed by atoms with van der Waals surface area (Å²) >= 11 is 0. The number of aromatic amines is 1. The van der Waals surface area contributed by atoms with E-state index in [1.807, 2.05) is 6.92 Å². The van der Waals surface area contributed by atoms with E-state index in [4.69, 9.17) is 5.73 Å². The number of nitrogens with one attached hydrogen (secondary N) is 2. The van der Waals surface area contributed by atoms with Crippen LogP contribution in [0.3, 0.4) is 0 Å². The molecule has 6 nitrogen and oxygen atoms in total. The maximum Gasteiger partial charge on any atom is 0.239 e. The van der Waals surface area contributed by atoms with Crippen LogP contribution in [0.2, 0.25) is 0 Å². The first-order chi connectivity index (χ1) is 8.69. The highest BCUT2D eigenvalue weighted by molar-refractivity contribution is 5.91. The van der Waals surface area contributed by atoms with E-state index in [0.717, 1.165) is 43.7 Å². The van der Waals surface area contributed by atoms with Crippen LogP contribution in [0, 0.1) is 0 Å². The predicted octanol–water partition coefficient (Wildman–Crippen LogP) is 0.334. The fourth-order valence-corrected chi connectivity index (χ4v) is 2.18. The van der Waals surface area contributed by atoms with Crippen LogP contribution in [0.25, 0.3) is 0 Å². The molecule has 18 heavy (non-hydrogen) atoms. The standard InChI is InChI=1S/C12H21N5O/c1-2-9-7-14-16-12(9)15-11(18)8-17-5-3-10(13)4-6-17/h7,10H,2-6,8,13H2,1H3,(H2,14,15,16,18). The average molecular weight is 251 g/mol. The van der Waals surface area contributed by atoms with Crippen molar-refractivity contribution in [2.75, 3.05) is 25.0 Å². The van der Waals surface area contributed by atoms with Crippen LogP contribution in [0.1, 0.15) is 25.3 Å². The average Bonchev–Trinajstić information content (AvgIpc) is 2.79. The lowest BCUT2D eigenvalue weighted by atomic mass is 10.1. The van der Waals surface area contributed by atoms with Gasteiger partial charge in [-0.3, -0.25) is 14.8 Å². The van der Waals surface area contributed by atoms with E-state index < -0.39 is 0 Å². The third-order valence-electron chi connectivity index (χ3n) is 3.36. The molecule has 0 unspecified atom stereocenters. The van der Waals surface area contributed by atoms with Crippen molar-refractivity contribution >= 4 is 11.7 Å². The fraction of sp³-hybridized carbons (Fsp3) is 0.667. The quantitative estimate of drug-likeness (QED) is 0.720. The van der Waals surface area contributed by atoms with Gasteiger partial charge >= 0.3 is 0 Å². The first-order valence-corrected chi connectivity index (χ1v) is 6.49. The number of rotatable bonds is 4. The number of carbonyl (C=O) groups excluding carboxylic acids is 1. The van der Waals surface area contributed by atoms with Gasteiger partial charge < -0.3 is 11.1 Å². The lowest BCUT2D eigenvalue weighted by Gasteiger charge is -2.29. The third kappa shape index (κ3) is 3.30. The molecule has 0 spiro atoms. The number of hydrogen-bond acceptors (Lipinski definition) is 4. The van der Waals surface area contributed by atoms with Crippen molar-refractivity contribution in [2.24, 2.45) is 5.73 Å². The summed E-state index contributed by atoms with van der Waals surface area (Å²) in [5.74, 6) is 0.723. The van der Waals surface area contributed by atoms with Gasteiger partial charge in [0.2, 0.25) is 5.91 Å². The molecular formula is C12H21N5O. The molecule has 4 N–H and O–H groups in total. The highest BCUT2D eigenvalue weighted by Crippen LogP contribution is 2.12. The number of carbonyl (C=O) groups is 1. The Kier molecular flexibility index (Phi) is 4.33. The predicted molar refractivity (Wildman–Crippen MR) is 70.2 cm³/mol. The van der Waals surface area contributed by atoms with Gasteiger partial charge in [-0.05, 0) is 19.3 Å². The van der Waals surface area contributed by atoms with Gasteiger partial charge in [0.25, 0.3) is 0 Å². The van der Waals surface area contributed by atoms with Crippen molar-refractivity contribution < 1.29 is 4.79 Å². The number of likely N-dealkylation sites (tertiary alicyclic amines) is 1. The van der Waals surface area contributed by atoms with Crippen LogP contribution in [-0.2, 0) is 11.2 Å². The molecule has 0 aromatic carbocycles. The van der Waals surface area contributed by atoms with Crippen LogP contribution in [0.4, 0.5) is 5.82 Å². The summed E-state index contributed by atoms with van der Waals surface area (Å²) in [6.45, 7) is 4.26. The minimum atomic E-state index is 0.00409. The summed E-state index contributed by atoms with van der Waals surface area (Å²) in [6.07, 6.45) is 4.54. The molecule has 1 aromatic rings. The monoisotopic (exact) mass is 251 g/mol. The Labute approximate surface area is 107 Å². The lowest BCUT2D eigenvalue weighted by Crippen LogP contribution is -2.43. The number of aromatic nitrogens is 2. The van der Waals surface area contributed by atoms with Crippen LogP contribution in [-0.4, -0.2) is 46.7 Å². The number of amides is 1. The molecule has 100 valence electrons. The zero-order valence-corrected chi connectivity index (χ0v) is 10.8. The maximum absolute atomic E-state index is 11.9. The van der Waals surface area contributed by atoms with E-state index in [1.54, 1.807) is 6.20 Å². The van der Waals surface area contributed by atoms with E-state index in [9.17, 15) is 4.79 Å². The van der Waals surface area contributed by atoms with Crippen LogP contribution >= 0.6 is 0 Å². The molecule has 1 aliphatic rings. The summed E-state index contributed by atoms with van der Waals surface area (Å²) < 4.78 is 0. The van der Waals surface area contributed by atoms with Gasteiger partial charge in [0.1, 0.15) is 5.82 Å². The Morgan fingerprint density at radius 3 is 3.00 bits per heavy atom. The van der Waals surface area contributed by atoms with Gasteiger partial charge in [0.05, 0.1) is 12.7 Å². The molecular weight excluding hydrogens is 230 g/mol. The first kappa shape index (κ1) is 13.0. The molecule has 0 bridgehead atoms. The first-order valence-electron chi connectivity index (χ1n) is 6.49. The lowest BCUT2D eigenvalue weighted by molar-refractivity contribution is -0.117. The van der Waals surface area contributed by atoms with Gasteiger partial charge in [0.15, 0.2) is 0 Å². The number of piperidine rings is 1. The smallest absolute Gasteiger partial charge is 0.239 e. The SMILES string of the molecule is CCc1cn[nH]c1NC(=O)CN1CCC(N)CC1. The molecule has 1 aromatic heterocycles. The van der Waals surface area contributed by atoms with Crippen molar-refractivity contribution in [3.05, 3.63) is 11.8 Å². The number of H-pyrrole nitrogens is 1. The minimum Gasteiger partial charge on any atom is -0.328 e. The molecule has 1 amide bonds. The van der Waals surface area contributed by atoms with Gasteiger partial charge in [-0.1, -0.05) is 6.92 Å². The molecule has 2 rings (SSSR count). The van der Waals surface area contributed by atoms with Crippen molar-refractivity contribution in [3.63, 3.8) is 0 Å². The van der Waals surface area contributed by atoms with Gasteiger partial charge in [-0.15, -0.1) is 0 Å². The van der Waals surface area contributed by atoms with E-state index in [1.165, 1.54) is 0 Å². The van der Waals surface area contributed by atoms with E-state index in [-0.39, 0.29) is 5.91 Å². The normalized spacial score (nSPS) is 17.9. The minimum absolute atomic E-state index is 0.00409. The van der Waals surface area contributed by atoms with Gasteiger partial charge in [-0.25, -0.2) is 0 Å².